The molecule has 0 spiro atoms. The highest BCUT2D eigenvalue weighted by molar-refractivity contribution is 7.99. The van der Waals surface area contributed by atoms with Crippen molar-refractivity contribution in [3.05, 3.63) is 0 Å². The van der Waals surface area contributed by atoms with E-state index in [1.807, 2.05) is 0 Å². The Morgan fingerprint density at radius 1 is 1.00 bits per heavy atom. The van der Waals surface area contributed by atoms with Crippen molar-refractivity contribution in [2.24, 2.45) is 0 Å². The molecule has 0 radical (unpaired) electrons. The second-order valence-corrected chi connectivity index (χ2v) is 6.93. The summed E-state index contributed by atoms with van der Waals surface area (Å²) in [5.74, 6) is 0. The van der Waals surface area contributed by atoms with Crippen molar-refractivity contribution in [3.63, 3.8) is 0 Å². The van der Waals surface area contributed by atoms with E-state index in [4.69, 9.17) is 0 Å². The second kappa shape index (κ2) is 11.2. The fraction of sp³-hybridized carbons (Fsp3) is 1.00. The molecule has 0 amide bonds. The first-order valence-electron chi connectivity index (χ1n) is 8.13. The van der Waals surface area contributed by atoms with E-state index in [2.05, 4.69) is 30.3 Å². The molecule has 1 saturated carbocycles. The van der Waals surface area contributed by atoms with Gasteiger partial charge in [0.15, 0.2) is 0 Å². The smallest absolute Gasteiger partial charge is 0.00776 e. The maximum absolute atomic E-state index is 3.77. The van der Waals surface area contributed by atoms with Crippen LogP contribution in [0.1, 0.15) is 77.6 Å². The van der Waals surface area contributed by atoms with E-state index in [-0.39, 0.29) is 0 Å². The van der Waals surface area contributed by atoms with Crippen molar-refractivity contribution in [3.8, 4) is 0 Å². The van der Waals surface area contributed by atoms with Gasteiger partial charge in [0.1, 0.15) is 0 Å². The highest BCUT2D eigenvalue weighted by atomic mass is 32.2. The van der Waals surface area contributed by atoms with Crippen LogP contribution in [0.4, 0.5) is 0 Å². The SMILES string of the molecule is CCCCCCCCCNC1CCCC(SC)C1. The van der Waals surface area contributed by atoms with Gasteiger partial charge in [-0.1, -0.05) is 51.9 Å². The Balaban J connectivity index is 1.88. The predicted octanol–water partition coefficient (Wildman–Crippen LogP) is 5.00. The van der Waals surface area contributed by atoms with Crippen LogP contribution in [0.15, 0.2) is 0 Å². The quantitative estimate of drug-likeness (QED) is 0.561. The zero-order valence-corrected chi connectivity index (χ0v) is 13.4. The molecule has 0 saturated heterocycles. The lowest BCUT2D eigenvalue weighted by Crippen LogP contribution is -2.35. The Kier molecular flexibility index (Phi) is 10.1. The van der Waals surface area contributed by atoms with Gasteiger partial charge in [-0.25, -0.2) is 0 Å². The van der Waals surface area contributed by atoms with Crippen LogP contribution in [0, 0.1) is 0 Å². The first-order valence-corrected chi connectivity index (χ1v) is 9.41. The van der Waals surface area contributed by atoms with E-state index >= 15 is 0 Å². The lowest BCUT2D eigenvalue weighted by atomic mass is 9.95. The van der Waals surface area contributed by atoms with E-state index in [1.54, 1.807) is 0 Å². The molecule has 1 aliphatic carbocycles. The van der Waals surface area contributed by atoms with Crippen molar-refractivity contribution < 1.29 is 0 Å². The molecule has 0 aromatic rings. The van der Waals surface area contributed by atoms with E-state index in [1.165, 1.54) is 77.2 Å². The summed E-state index contributed by atoms with van der Waals surface area (Å²) in [7, 11) is 0. The van der Waals surface area contributed by atoms with Crippen molar-refractivity contribution >= 4 is 11.8 Å². The minimum Gasteiger partial charge on any atom is -0.314 e. The Morgan fingerprint density at radius 3 is 2.44 bits per heavy atom. The fourth-order valence-electron chi connectivity index (χ4n) is 2.93. The number of rotatable bonds is 10. The van der Waals surface area contributed by atoms with Crippen LogP contribution >= 0.6 is 11.8 Å². The Morgan fingerprint density at radius 2 is 1.72 bits per heavy atom. The minimum atomic E-state index is 0.816. The van der Waals surface area contributed by atoms with Crippen LogP contribution in [-0.4, -0.2) is 24.1 Å². The Bertz CT molecular complexity index is 184. The summed E-state index contributed by atoms with van der Waals surface area (Å²) < 4.78 is 0. The van der Waals surface area contributed by atoms with E-state index in [9.17, 15) is 0 Å². The second-order valence-electron chi connectivity index (χ2n) is 5.80. The topological polar surface area (TPSA) is 12.0 Å². The maximum atomic E-state index is 3.77. The summed E-state index contributed by atoms with van der Waals surface area (Å²) in [5, 5.41) is 4.70. The summed E-state index contributed by atoms with van der Waals surface area (Å²) in [4.78, 5) is 0. The summed E-state index contributed by atoms with van der Waals surface area (Å²) >= 11 is 2.06. The van der Waals surface area contributed by atoms with Gasteiger partial charge < -0.3 is 5.32 Å². The summed E-state index contributed by atoms with van der Waals surface area (Å²) in [5.41, 5.74) is 0. The molecule has 0 aromatic carbocycles. The molecule has 108 valence electrons. The Hall–Kier alpha value is 0.310. The van der Waals surface area contributed by atoms with Gasteiger partial charge in [0.2, 0.25) is 0 Å². The molecule has 0 aromatic heterocycles. The van der Waals surface area contributed by atoms with Crippen LogP contribution in [0.3, 0.4) is 0 Å². The largest absolute Gasteiger partial charge is 0.314 e. The molecule has 2 unspecified atom stereocenters. The molecule has 0 heterocycles. The lowest BCUT2D eigenvalue weighted by molar-refractivity contribution is 0.377. The Labute approximate surface area is 119 Å². The molecule has 1 N–H and O–H groups in total. The molecule has 1 aliphatic rings. The van der Waals surface area contributed by atoms with Gasteiger partial charge in [-0.3, -0.25) is 0 Å². The molecule has 0 bridgehead atoms. The third kappa shape index (κ3) is 7.68. The highest BCUT2D eigenvalue weighted by Crippen LogP contribution is 2.26. The molecule has 1 rings (SSSR count). The van der Waals surface area contributed by atoms with E-state index < -0.39 is 0 Å². The van der Waals surface area contributed by atoms with Gasteiger partial charge in [0.25, 0.3) is 0 Å². The molecule has 0 aliphatic heterocycles. The summed E-state index contributed by atoms with van der Waals surface area (Å²) in [6.45, 7) is 3.54. The molecular weight excluding hydrogens is 238 g/mol. The standard InChI is InChI=1S/C16H33NS/c1-3-4-5-6-7-8-9-13-17-15-11-10-12-16(14-15)18-2/h15-17H,3-14H2,1-2H3. The first kappa shape index (κ1) is 16.4. The van der Waals surface area contributed by atoms with Gasteiger partial charge >= 0.3 is 0 Å². The minimum absolute atomic E-state index is 0.816. The van der Waals surface area contributed by atoms with Crippen LogP contribution in [-0.2, 0) is 0 Å². The average Bonchev–Trinajstić information content (AvgIpc) is 2.42. The molecule has 18 heavy (non-hydrogen) atoms. The maximum Gasteiger partial charge on any atom is 0.00776 e. The molecule has 1 nitrogen and oxygen atoms in total. The van der Waals surface area contributed by atoms with Gasteiger partial charge in [-0.15, -0.1) is 0 Å². The molecule has 1 fully saturated rings. The third-order valence-corrected chi connectivity index (χ3v) is 5.27. The van der Waals surface area contributed by atoms with E-state index in [0.717, 1.165) is 11.3 Å². The number of hydrogen-bond acceptors (Lipinski definition) is 2. The van der Waals surface area contributed by atoms with E-state index in [0.29, 0.717) is 0 Å². The lowest BCUT2D eigenvalue weighted by Gasteiger charge is -2.28. The number of hydrogen-bond donors (Lipinski definition) is 1. The van der Waals surface area contributed by atoms with Gasteiger partial charge in [0.05, 0.1) is 0 Å². The van der Waals surface area contributed by atoms with Gasteiger partial charge in [-0.05, 0) is 38.5 Å². The van der Waals surface area contributed by atoms with Gasteiger partial charge in [0, 0.05) is 11.3 Å². The van der Waals surface area contributed by atoms with Crippen LogP contribution in [0.5, 0.6) is 0 Å². The van der Waals surface area contributed by atoms with Crippen molar-refractivity contribution in [2.45, 2.75) is 88.8 Å². The number of unbranched alkanes of at least 4 members (excludes halogenated alkanes) is 6. The monoisotopic (exact) mass is 271 g/mol. The van der Waals surface area contributed by atoms with Crippen LogP contribution in [0.2, 0.25) is 0 Å². The van der Waals surface area contributed by atoms with Crippen molar-refractivity contribution in [2.75, 3.05) is 12.8 Å². The normalized spacial score (nSPS) is 24.3. The zero-order chi connectivity index (χ0) is 13.1. The van der Waals surface area contributed by atoms with Gasteiger partial charge in [-0.2, -0.15) is 11.8 Å². The number of nitrogens with one attached hydrogen (secondary N) is 1. The van der Waals surface area contributed by atoms with Crippen LogP contribution in [0.25, 0.3) is 0 Å². The zero-order valence-electron chi connectivity index (χ0n) is 12.5. The highest BCUT2D eigenvalue weighted by Gasteiger charge is 2.20. The summed E-state index contributed by atoms with van der Waals surface area (Å²) in [6.07, 6.45) is 17.9. The molecule has 2 atom stereocenters. The molecular formula is C16H33NS. The van der Waals surface area contributed by atoms with Crippen molar-refractivity contribution in [1.82, 2.24) is 5.32 Å². The fourth-order valence-corrected chi connectivity index (χ4v) is 3.76. The number of thioether (sulfide) groups is 1. The summed E-state index contributed by atoms with van der Waals surface area (Å²) in [6, 6.07) is 0.816. The van der Waals surface area contributed by atoms with Crippen molar-refractivity contribution in [1.29, 1.82) is 0 Å². The molecule has 2 heteroatoms. The first-order chi connectivity index (χ1) is 8.86. The third-order valence-electron chi connectivity index (χ3n) is 4.17. The average molecular weight is 272 g/mol. The van der Waals surface area contributed by atoms with Crippen LogP contribution < -0.4 is 5.32 Å². The predicted molar refractivity (Wildman–Crippen MR) is 85.6 cm³/mol.